The van der Waals surface area contributed by atoms with Crippen molar-refractivity contribution in [2.75, 3.05) is 13.7 Å². The van der Waals surface area contributed by atoms with Crippen LogP contribution in [0.5, 0.6) is 11.6 Å². The molecule has 0 amide bonds. The van der Waals surface area contributed by atoms with Crippen LogP contribution in [0.25, 0.3) is 33.3 Å². The van der Waals surface area contributed by atoms with Gasteiger partial charge in [0.15, 0.2) is 0 Å². The third-order valence-corrected chi connectivity index (χ3v) is 7.03. The number of methoxy groups -OCH3 is 1. The van der Waals surface area contributed by atoms with Crippen LogP contribution in [0, 0.1) is 0 Å². The van der Waals surface area contributed by atoms with E-state index in [0.717, 1.165) is 27.6 Å². The monoisotopic (exact) mass is 448 g/mol. The molecule has 0 saturated heterocycles. The molecule has 32 heavy (non-hydrogen) atoms. The molecule has 0 fully saturated rings. The van der Waals surface area contributed by atoms with Gasteiger partial charge in [0, 0.05) is 11.5 Å². The number of ether oxygens (including phenoxy) is 1. The summed E-state index contributed by atoms with van der Waals surface area (Å²) in [5.74, 6) is 0.968. The Balaban J connectivity index is 1.55. The van der Waals surface area contributed by atoms with Gasteiger partial charge in [-0.05, 0) is 49.4 Å². The highest BCUT2D eigenvalue weighted by Crippen LogP contribution is 2.47. The van der Waals surface area contributed by atoms with Gasteiger partial charge in [-0.25, -0.2) is 9.55 Å². The second-order valence-electron chi connectivity index (χ2n) is 7.09. The fourth-order valence-electron chi connectivity index (χ4n) is 3.56. The number of rotatable bonds is 7. The van der Waals surface area contributed by atoms with Gasteiger partial charge < -0.3 is 14.2 Å². The van der Waals surface area contributed by atoms with E-state index in [1.165, 1.54) is 0 Å². The first-order chi connectivity index (χ1) is 15.6. The summed E-state index contributed by atoms with van der Waals surface area (Å²) in [6.45, 7) is 2.05. The van der Waals surface area contributed by atoms with Gasteiger partial charge in [0.05, 0.1) is 41.3 Å². The van der Waals surface area contributed by atoms with Crippen molar-refractivity contribution >= 4 is 34.8 Å². The number of aromatic nitrogens is 4. The molecule has 0 bridgehead atoms. The summed E-state index contributed by atoms with van der Waals surface area (Å²) in [5.41, 5.74) is 3.96. The minimum Gasteiger partial charge on any atom is -0.481 e. The van der Waals surface area contributed by atoms with Gasteiger partial charge in [0.2, 0.25) is 5.88 Å². The van der Waals surface area contributed by atoms with Crippen LogP contribution in [-0.4, -0.2) is 33.9 Å². The van der Waals surface area contributed by atoms with Crippen molar-refractivity contribution in [3.63, 3.8) is 0 Å². The molecule has 0 radical (unpaired) electrons. The number of hydrogen-bond acceptors (Lipinski definition) is 6. The summed E-state index contributed by atoms with van der Waals surface area (Å²) < 4.78 is 30.2. The molecular formula is C23H21N4O4P. The van der Waals surface area contributed by atoms with Crippen LogP contribution in [-0.2, 0) is 9.09 Å². The van der Waals surface area contributed by atoms with Crippen molar-refractivity contribution in [2.24, 2.45) is 0 Å². The van der Waals surface area contributed by atoms with Crippen LogP contribution >= 0.6 is 7.60 Å². The lowest BCUT2D eigenvalue weighted by Gasteiger charge is -2.18. The summed E-state index contributed by atoms with van der Waals surface area (Å²) in [7, 11) is -1.95. The van der Waals surface area contributed by atoms with Crippen molar-refractivity contribution < 1.29 is 18.3 Å². The Morgan fingerprint density at radius 2 is 1.81 bits per heavy atom. The Labute approximate surface area is 184 Å². The van der Waals surface area contributed by atoms with Gasteiger partial charge in [-0.15, -0.1) is 0 Å². The molecule has 9 heteroatoms. The second-order valence-corrected chi connectivity index (χ2v) is 9.04. The van der Waals surface area contributed by atoms with E-state index < -0.39 is 7.60 Å². The first kappa shape index (κ1) is 20.3. The zero-order valence-corrected chi connectivity index (χ0v) is 18.4. The molecule has 8 nitrogen and oxygen atoms in total. The Hall–Kier alpha value is -3.61. The highest BCUT2D eigenvalue weighted by atomic mass is 31.2. The summed E-state index contributed by atoms with van der Waals surface area (Å²) in [6.07, 6.45) is 0. The maximum Gasteiger partial charge on any atom is 0.410 e. The van der Waals surface area contributed by atoms with Crippen molar-refractivity contribution in [3.8, 4) is 23.0 Å². The lowest BCUT2D eigenvalue weighted by Crippen LogP contribution is -2.12. The zero-order valence-electron chi connectivity index (χ0n) is 17.5. The lowest BCUT2D eigenvalue weighted by molar-refractivity contribution is 0.289. The maximum absolute atomic E-state index is 13.5. The summed E-state index contributed by atoms with van der Waals surface area (Å²) in [4.78, 5) is 7.79. The Kier molecular flexibility index (Phi) is 5.17. The second kappa shape index (κ2) is 8.15. The van der Waals surface area contributed by atoms with Crippen LogP contribution in [0.15, 0.2) is 66.7 Å². The number of benzene rings is 2. The minimum absolute atomic E-state index is 0.261. The summed E-state index contributed by atoms with van der Waals surface area (Å²) in [5, 5.41) is 8.82. The highest BCUT2D eigenvalue weighted by Gasteiger charge is 2.29. The van der Waals surface area contributed by atoms with Crippen LogP contribution in [0.3, 0.4) is 0 Å². The average molecular weight is 448 g/mol. The number of aromatic amines is 2. The Bertz CT molecular complexity index is 1440. The van der Waals surface area contributed by atoms with E-state index in [1.54, 1.807) is 50.4 Å². The number of pyridine rings is 1. The van der Waals surface area contributed by atoms with Crippen molar-refractivity contribution in [1.29, 1.82) is 0 Å². The van der Waals surface area contributed by atoms with Gasteiger partial charge in [-0.1, -0.05) is 18.2 Å². The van der Waals surface area contributed by atoms with E-state index in [-0.39, 0.29) is 6.61 Å². The third kappa shape index (κ3) is 3.64. The Morgan fingerprint density at radius 1 is 1.00 bits per heavy atom. The fraction of sp³-hybridized carbons (Fsp3) is 0.130. The highest BCUT2D eigenvalue weighted by molar-refractivity contribution is 7.62. The smallest absolute Gasteiger partial charge is 0.410 e. The number of nitrogens with zero attached hydrogens (tertiary/aromatic N) is 2. The summed E-state index contributed by atoms with van der Waals surface area (Å²) >= 11 is 0. The molecule has 1 unspecified atom stereocenters. The molecule has 0 spiro atoms. The number of fused-ring (bicyclic) bond motifs is 2. The maximum atomic E-state index is 13.5. The van der Waals surface area contributed by atoms with Gasteiger partial charge in [-0.3, -0.25) is 9.62 Å². The van der Waals surface area contributed by atoms with Crippen molar-refractivity contribution in [1.82, 2.24) is 20.2 Å². The first-order valence-corrected chi connectivity index (χ1v) is 11.7. The third-order valence-electron chi connectivity index (χ3n) is 5.05. The largest absolute Gasteiger partial charge is 0.481 e. The van der Waals surface area contributed by atoms with Crippen LogP contribution in [0.4, 0.5) is 0 Å². The van der Waals surface area contributed by atoms with Crippen LogP contribution in [0.1, 0.15) is 6.92 Å². The number of hydrogen-bond donors (Lipinski definition) is 2. The van der Waals surface area contributed by atoms with Crippen LogP contribution < -0.4 is 14.6 Å². The molecule has 5 rings (SSSR count). The number of nitrogens with one attached hydrogen (secondary N) is 2. The fourth-order valence-corrected chi connectivity index (χ4v) is 5.13. The van der Waals surface area contributed by atoms with Crippen molar-refractivity contribution in [3.05, 3.63) is 66.7 Å². The van der Waals surface area contributed by atoms with E-state index in [2.05, 4.69) is 20.2 Å². The van der Waals surface area contributed by atoms with Gasteiger partial charge in [0.1, 0.15) is 11.4 Å². The van der Waals surface area contributed by atoms with E-state index in [4.69, 9.17) is 13.8 Å². The quantitative estimate of drug-likeness (QED) is 0.338. The topological polar surface area (TPSA) is 102 Å². The zero-order chi connectivity index (χ0) is 22.1. The average Bonchev–Trinajstić information content (AvgIpc) is 3.42. The Morgan fingerprint density at radius 3 is 2.59 bits per heavy atom. The normalized spacial score (nSPS) is 13.3. The molecule has 1 atom stereocenters. The number of H-pyrrole nitrogens is 2. The SMILES string of the molecule is CCOP(=O)(Oc1ccc2[nH]nc(-c3cc4nc(OC)ccc4[nH]3)c2c1)c1ccccc1. The standard InChI is InChI=1S/C23H21N4O4P/c1-3-30-32(28,16-7-5-4-6-8-16)31-15-9-10-18-17(13-15)23(27-26-18)21-14-20-19(24-21)11-12-22(25-20)29-2/h4-14,24H,3H2,1-2H3,(H,26,27). The predicted molar refractivity (Wildman–Crippen MR) is 124 cm³/mol. The van der Waals surface area contributed by atoms with E-state index >= 15 is 0 Å². The molecule has 5 aromatic rings. The molecule has 0 aliphatic heterocycles. The molecule has 0 aliphatic rings. The van der Waals surface area contributed by atoms with E-state index in [9.17, 15) is 4.57 Å². The molecule has 0 saturated carbocycles. The first-order valence-electron chi connectivity index (χ1n) is 10.1. The minimum atomic E-state index is -3.53. The van der Waals surface area contributed by atoms with Crippen molar-refractivity contribution in [2.45, 2.75) is 6.92 Å². The lowest BCUT2D eigenvalue weighted by atomic mass is 10.1. The molecule has 0 aliphatic carbocycles. The summed E-state index contributed by atoms with van der Waals surface area (Å²) in [6, 6.07) is 20.0. The predicted octanol–water partition coefficient (Wildman–Crippen LogP) is 5.05. The van der Waals surface area contributed by atoms with Crippen LogP contribution in [0.2, 0.25) is 0 Å². The van der Waals surface area contributed by atoms with Gasteiger partial charge >= 0.3 is 7.60 Å². The van der Waals surface area contributed by atoms with Gasteiger partial charge in [0.25, 0.3) is 0 Å². The van der Waals surface area contributed by atoms with E-state index in [0.29, 0.717) is 22.6 Å². The van der Waals surface area contributed by atoms with E-state index in [1.807, 2.05) is 30.3 Å². The molecule has 162 valence electrons. The van der Waals surface area contributed by atoms with Gasteiger partial charge in [-0.2, -0.15) is 5.10 Å². The molecule has 3 aromatic heterocycles. The molecule has 2 N–H and O–H groups in total. The molecule has 3 heterocycles. The molecular weight excluding hydrogens is 427 g/mol. The molecule has 2 aromatic carbocycles.